The highest BCUT2D eigenvalue weighted by Crippen LogP contribution is 2.30. The van der Waals surface area contributed by atoms with Crippen molar-refractivity contribution in [1.29, 1.82) is 5.26 Å². The summed E-state index contributed by atoms with van der Waals surface area (Å²) >= 11 is 1.16. The summed E-state index contributed by atoms with van der Waals surface area (Å²) in [4.78, 5) is 11.9. The molecule has 0 radical (unpaired) electrons. The van der Waals surface area contributed by atoms with E-state index in [0.29, 0.717) is 9.75 Å². The lowest BCUT2D eigenvalue weighted by molar-refractivity contribution is 0.0697. The van der Waals surface area contributed by atoms with E-state index in [4.69, 9.17) is 14.9 Å². The molecule has 0 aliphatic heterocycles. The number of nitriles is 1. The zero-order valence-electron chi connectivity index (χ0n) is 7.30. The largest absolute Gasteiger partial charge is 0.477 e. The Morgan fingerprint density at radius 3 is 3.00 bits per heavy atom. The standard InChI is InChI=1S/C9H4N2O3S/c10-3-5-1-2-7(15-5)8-6(9(12)13)4-11-14-8/h1-2,4H,(H,12,13). The monoisotopic (exact) mass is 220 g/mol. The van der Waals surface area contributed by atoms with Gasteiger partial charge in [-0.2, -0.15) is 5.26 Å². The van der Waals surface area contributed by atoms with Crippen LogP contribution in [-0.2, 0) is 0 Å². The number of carboxylic acid groups (broad SMARTS) is 1. The van der Waals surface area contributed by atoms with Gasteiger partial charge in [-0.15, -0.1) is 11.3 Å². The summed E-state index contributed by atoms with van der Waals surface area (Å²) in [6, 6.07) is 5.21. The Balaban J connectivity index is 2.50. The maximum Gasteiger partial charge on any atom is 0.341 e. The molecule has 2 aromatic heterocycles. The fraction of sp³-hybridized carbons (Fsp3) is 0. The molecular formula is C9H4N2O3S. The van der Waals surface area contributed by atoms with E-state index in [1.807, 2.05) is 6.07 Å². The lowest BCUT2D eigenvalue weighted by Crippen LogP contribution is -1.94. The normalized spacial score (nSPS) is 9.80. The molecule has 0 unspecified atom stereocenters. The highest BCUT2D eigenvalue weighted by atomic mass is 32.1. The maximum absolute atomic E-state index is 10.8. The minimum Gasteiger partial charge on any atom is -0.477 e. The number of rotatable bonds is 2. The summed E-state index contributed by atoms with van der Waals surface area (Å²) < 4.78 is 4.84. The number of thiophene rings is 1. The molecule has 2 heterocycles. The zero-order valence-corrected chi connectivity index (χ0v) is 8.11. The SMILES string of the molecule is N#Cc1ccc(-c2oncc2C(=O)O)s1. The van der Waals surface area contributed by atoms with E-state index in [0.717, 1.165) is 17.5 Å². The van der Waals surface area contributed by atoms with Crippen LogP contribution in [0.5, 0.6) is 0 Å². The fourth-order valence-electron chi connectivity index (χ4n) is 1.09. The van der Waals surface area contributed by atoms with E-state index in [2.05, 4.69) is 5.16 Å². The van der Waals surface area contributed by atoms with Crippen LogP contribution in [0.2, 0.25) is 0 Å². The second kappa shape index (κ2) is 3.55. The lowest BCUT2D eigenvalue weighted by Gasteiger charge is -1.90. The minimum absolute atomic E-state index is 0.00124. The molecular weight excluding hydrogens is 216 g/mol. The summed E-state index contributed by atoms with van der Waals surface area (Å²) in [5.74, 6) is -0.910. The van der Waals surface area contributed by atoms with E-state index in [1.165, 1.54) is 0 Å². The van der Waals surface area contributed by atoms with Crippen molar-refractivity contribution in [1.82, 2.24) is 5.16 Å². The highest BCUT2D eigenvalue weighted by molar-refractivity contribution is 7.16. The van der Waals surface area contributed by atoms with Crippen LogP contribution in [0.25, 0.3) is 10.6 Å². The molecule has 0 aromatic carbocycles. The van der Waals surface area contributed by atoms with Gasteiger partial charge < -0.3 is 9.63 Å². The van der Waals surface area contributed by atoms with Crippen LogP contribution in [0.3, 0.4) is 0 Å². The number of hydrogen-bond donors (Lipinski definition) is 1. The fourth-order valence-corrected chi connectivity index (χ4v) is 1.88. The van der Waals surface area contributed by atoms with E-state index in [-0.39, 0.29) is 11.3 Å². The molecule has 0 aliphatic carbocycles. The second-order valence-corrected chi connectivity index (χ2v) is 3.73. The number of aromatic carboxylic acids is 1. The van der Waals surface area contributed by atoms with Crippen LogP contribution in [0.4, 0.5) is 0 Å². The Morgan fingerprint density at radius 1 is 1.60 bits per heavy atom. The number of carbonyl (C=O) groups is 1. The Bertz CT molecular complexity index is 550. The molecule has 74 valence electrons. The third-order valence-electron chi connectivity index (χ3n) is 1.74. The third-order valence-corrected chi connectivity index (χ3v) is 2.73. The highest BCUT2D eigenvalue weighted by Gasteiger charge is 2.18. The first-order valence-corrected chi connectivity index (χ1v) is 4.72. The van der Waals surface area contributed by atoms with Crippen LogP contribution in [0.15, 0.2) is 22.9 Å². The van der Waals surface area contributed by atoms with Crippen molar-refractivity contribution in [3.8, 4) is 16.7 Å². The average Bonchev–Trinajstić information content (AvgIpc) is 2.85. The predicted octanol–water partition coefficient (Wildman–Crippen LogP) is 1.97. The number of nitrogens with zero attached hydrogens (tertiary/aromatic N) is 2. The predicted molar refractivity (Wildman–Crippen MR) is 51.5 cm³/mol. The smallest absolute Gasteiger partial charge is 0.341 e. The van der Waals surface area contributed by atoms with Gasteiger partial charge in [0.15, 0.2) is 5.76 Å². The summed E-state index contributed by atoms with van der Waals surface area (Å²) in [6.45, 7) is 0. The van der Waals surface area contributed by atoms with Gasteiger partial charge in [0.1, 0.15) is 16.5 Å². The Labute approximate surface area is 88.2 Å². The Morgan fingerprint density at radius 2 is 2.40 bits per heavy atom. The van der Waals surface area contributed by atoms with E-state index in [1.54, 1.807) is 12.1 Å². The molecule has 0 amide bonds. The zero-order chi connectivity index (χ0) is 10.8. The van der Waals surface area contributed by atoms with Gasteiger partial charge in [0.25, 0.3) is 0 Å². The minimum atomic E-state index is -1.10. The summed E-state index contributed by atoms with van der Waals surface area (Å²) in [7, 11) is 0. The van der Waals surface area contributed by atoms with Crippen molar-refractivity contribution < 1.29 is 14.4 Å². The molecule has 0 saturated carbocycles. The molecule has 0 aliphatic rings. The van der Waals surface area contributed by atoms with Crippen LogP contribution in [-0.4, -0.2) is 16.2 Å². The van der Waals surface area contributed by atoms with E-state index >= 15 is 0 Å². The first kappa shape index (κ1) is 9.43. The van der Waals surface area contributed by atoms with Gasteiger partial charge in [0.05, 0.1) is 11.1 Å². The number of carboxylic acids is 1. The van der Waals surface area contributed by atoms with E-state index < -0.39 is 5.97 Å². The summed E-state index contributed by atoms with van der Waals surface area (Å²) in [5, 5.41) is 20.9. The molecule has 0 saturated heterocycles. The molecule has 2 rings (SSSR count). The van der Waals surface area contributed by atoms with Crippen molar-refractivity contribution in [2.45, 2.75) is 0 Å². The molecule has 5 nitrogen and oxygen atoms in total. The Kier molecular flexibility index (Phi) is 2.23. The molecule has 0 bridgehead atoms. The van der Waals surface area contributed by atoms with Crippen LogP contribution >= 0.6 is 11.3 Å². The number of aromatic nitrogens is 1. The van der Waals surface area contributed by atoms with Crippen molar-refractivity contribution in [2.75, 3.05) is 0 Å². The molecule has 0 atom stereocenters. The van der Waals surface area contributed by atoms with Crippen LogP contribution in [0.1, 0.15) is 15.2 Å². The van der Waals surface area contributed by atoms with Gasteiger partial charge in [-0.3, -0.25) is 0 Å². The third kappa shape index (κ3) is 1.60. The lowest BCUT2D eigenvalue weighted by atomic mass is 10.2. The molecule has 1 N–H and O–H groups in total. The average molecular weight is 220 g/mol. The molecule has 2 aromatic rings. The van der Waals surface area contributed by atoms with Crippen LogP contribution in [0, 0.1) is 11.3 Å². The van der Waals surface area contributed by atoms with Gasteiger partial charge in [-0.1, -0.05) is 5.16 Å². The van der Waals surface area contributed by atoms with Crippen molar-refractivity contribution in [3.63, 3.8) is 0 Å². The quantitative estimate of drug-likeness (QED) is 0.835. The van der Waals surface area contributed by atoms with Crippen molar-refractivity contribution >= 4 is 17.3 Å². The first-order chi connectivity index (χ1) is 7.22. The van der Waals surface area contributed by atoms with Crippen molar-refractivity contribution in [3.05, 3.63) is 28.8 Å². The van der Waals surface area contributed by atoms with Gasteiger partial charge in [0, 0.05) is 0 Å². The molecule has 15 heavy (non-hydrogen) atoms. The summed E-state index contributed by atoms with van der Waals surface area (Å²) in [5.41, 5.74) is 0.00124. The van der Waals surface area contributed by atoms with E-state index in [9.17, 15) is 4.79 Å². The van der Waals surface area contributed by atoms with Gasteiger partial charge in [0.2, 0.25) is 0 Å². The first-order valence-electron chi connectivity index (χ1n) is 3.90. The van der Waals surface area contributed by atoms with Crippen molar-refractivity contribution in [2.24, 2.45) is 0 Å². The van der Waals surface area contributed by atoms with Gasteiger partial charge >= 0.3 is 5.97 Å². The molecule has 6 heteroatoms. The van der Waals surface area contributed by atoms with Crippen LogP contribution < -0.4 is 0 Å². The summed E-state index contributed by atoms with van der Waals surface area (Å²) in [6.07, 6.45) is 1.14. The molecule has 0 spiro atoms. The topological polar surface area (TPSA) is 87.1 Å². The molecule has 0 fully saturated rings. The Hall–Kier alpha value is -2.13. The maximum atomic E-state index is 10.8. The second-order valence-electron chi connectivity index (χ2n) is 2.65. The van der Waals surface area contributed by atoms with Gasteiger partial charge in [-0.05, 0) is 12.1 Å². The van der Waals surface area contributed by atoms with Gasteiger partial charge in [-0.25, -0.2) is 4.79 Å². The number of hydrogen-bond acceptors (Lipinski definition) is 5.